The second-order valence-electron chi connectivity index (χ2n) is 2.70. The molecule has 0 radical (unpaired) electrons. The van der Waals surface area contributed by atoms with E-state index in [0.717, 1.165) is 0 Å². The molecule has 1 heterocycles. The molecule has 2 aromatic rings. The Labute approximate surface area is 99.3 Å². The molecule has 8 heteroatoms. The molecule has 0 saturated heterocycles. The van der Waals surface area contributed by atoms with E-state index in [0.29, 0.717) is 10.7 Å². The second kappa shape index (κ2) is 6.00. The number of benzene rings is 1. The summed E-state index contributed by atoms with van der Waals surface area (Å²) in [5, 5.41) is 0.685. The van der Waals surface area contributed by atoms with Crippen LogP contribution in [0.15, 0.2) is 24.3 Å². The maximum Gasteiger partial charge on any atom is 0.316 e. The third kappa shape index (κ3) is 5.12. The predicted octanol–water partition coefficient (Wildman–Crippen LogP) is 2.21. The van der Waals surface area contributed by atoms with Gasteiger partial charge in [0.15, 0.2) is 0 Å². The highest BCUT2D eigenvalue weighted by Crippen LogP contribution is 2.10. The number of nitrogens with two attached hydrogens (primary N) is 1. The van der Waals surface area contributed by atoms with Gasteiger partial charge >= 0.3 is 18.2 Å². The van der Waals surface area contributed by atoms with Gasteiger partial charge in [0.05, 0.1) is 0 Å². The van der Waals surface area contributed by atoms with E-state index in [9.17, 15) is 13.2 Å². The van der Waals surface area contributed by atoms with Crippen LogP contribution in [-0.2, 0) is 0 Å². The van der Waals surface area contributed by atoms with Crippen LogP contribution in [0.1, 0.15) is 0 Å². The van der Waals surface area contributed by atoms with E-state index >= 15 is 0 Å². The molecule has 1 aromatic carbocycles. The molecule has 0 aliphatic rings. The van der Waals surface area contributed by atoms with Gasteiger partial charge in [-0.1, -0.05) is 17.7 Å². The predicted molar refractivity (Wildman–Crippen MR) is 55.6 cm³/mol. The maximum absolute atomic E-state index is 11.7. The number of nitrogen functional groups attached to an aromatic ring is 1. The van der Waals surface area contributed by atoms with Crippen LogP contribution in [0.4, 0.5) is 18.9 Å². The maximum atomic E-state index is 11.7. The molecular weight excluding hydrogens is 257 g/mol. The molecule has 2 N–H and O–H groups in total. The van der Waals surface area contributed by atoms with Crippen molar-refractivity contribution in [3.05, 3.63) is 47.5 Å². The summed E-state index contributed by atoms with van der Waals surface area (Å²) < 4.78 is 35.1. The van der Waals surface area contributed by atoms with Gasteiger partial charge in [0, 0.05) is 10.7 Å². The van der Waals surface area contributed by atoms with Gasteiger partial charge in [0.1, 0.15) is 0 Å². The Morgan fingerprint density at radius 3 is 1.71 bits per heavy atom. The molecule has 0 atom stereocenters. The van der Waals surface area contributed by atoms with E-state index in [4.69, 9.17) is 17.3 Å². The summed E-state index contributed by atoms with van der Waals surface area (Å²) >= 11 is 5.56. The van der Waals surface area contributed by atoms with E-state index < -0.39 is 18.2 Å². The zero-order valence-corrected chi connectivity index (χ0v) is 9.00. The topological polar surface area (TPSA) is 64.7 Å². The Morgan fingerprint density at radius 2 is 1.41 bits per heavy atom. The van der Waals surface area contributed by atoms with Gasteiger partial charge in [-0.2, -0.15) is 28.1 Å². The molecule has 0 bridgehead atoms. The zero-order valence-electron chi connectivity index (χ0n) is 8.24. The van der Waals surface area contributed by atoms with E-state index in [1.54, 1.807) is 18.2 Å². The van der Waals surface area contributed by atoms with Gasteiger partial charge < -0.3 is 5.73 Å². The first-order valence-corrected chi connectivity index (χ1v) is 4.59. The largest absolute Gasteiger partial charge is 0.399 e. The Kier molecular flexibility index (Phi) is 4.65. The lowest BCUT2D eigenvalue weighted by molar-refractivity contribution is 0.393. The summed E-state index contributed by atoms with van der Waals surface area (Å²) in [7, 11) is 0. The summed E-state index contributed by atoms with van der Waals surface area (Å²) in [6, 6.07) is 7.11. The molecule has 0 fully saturated rings. The zero-order chi connectivity index (χ0) is 12.8. The van der Waals surface area contributed by atoms with E-state index in [1.165, 1.54) is 0 Å². The summed E-state index contributed by atoms with van der Waals surface area (Å²) in [6.45, 7) is 0. The lowest BCUT2D eigenvalue weighted by atomic mass is 10.3. The molecular formula is C9H6ClF3N4. The van der Waals surface area contributed by atoms with Crippen LogP contribution in [0.2, 0.25) is 5.02 Å². The molecule has 0 amide bonds. The molecule has 0 unspecified atom stereocenters. The molecule has 0 aliphatic heterocycles. The standard InChI is InChI=1S/C6H6ClN.C3F3N3/c7-5-2-1-3-6(8)4-5;4-1-7-2(5)9-3(6)8-1/h1-4H,8H2;. The van der Waals surface area contributed by atoms with Crippen LogP contribution in [0.3, 0.4) is 0 Å². The SMILES string of the molecule is Fc1nc(F)nc(F)n1.Nc1cccc(Cl)c1. The van der Waals surface area contributed by atoms with Crippen molar-refractivity contribution in [2.24, 2.45) is 0 Å². The third-order valence-electron chi connectivity index (χ3n) is 1.40. The minimum absolute atomic E-state index is 0.685. The lowest BCUT2D eigenvalue weighted by Gasteiger charge is -1.89. The Hall–Kier alpha value is -1.89. The van der Waals surface area contributed by atoms with Crippen LogP contribution < -0.4 is 5.73 Å². The fourth-order valence-corrected chi connectivity index (χ4v) is 1.01. The van der Waals surface area contributed by atoms with Crippen molar-refractivity contribution in [3.63, 3.8) is 0 Å². The normalized spacial score (nSPS) is 9.41. The number of aromatic nitrogens is 3. The van der Waals surface area contributed by atoms with Crippen LogP contribution in [0.5, 0.6) is 0 Å². The Morgan fingerprint density at radius 1 is 0.941 bits per heavy atom. The third-order valence-corrected chi connectivity index (χ3v) is 1.64. The van der Waals surface area contributed by atoms with Crippen molar-refractivity contribution < 1.29 is 13.2 Å². The van der Waals surface area contributed by atoms with Crippen molar-refractivity contribution >= 4 is 17.3 Å². The highest BCUT2D eigenvalue weighted by Gasteiger charge is 2.01. The smallest absolute Gasteiger partial charge is 0.316 e. The number of hydrogen-bond acceptors (Lipinski definition) is 4. The van der Waals surface area contributed by atoms with Crippen molar-refractivity contribution in [2.45, 2.75) is 0 Å². The Balaban J connectivity index is 0.000000171. The van der Waals surface area contributed by atoms with Crippen LogP contribution >= 0.6 is 11.6 Å². The molecule has 17 heavy (non-hydrogen) atoms. The van der Waals surface area contributed by atoms with Crippen LogP contribution in [0, 0.1) is 18.2 Å². The Bertz CT molecular complexity index is 442. The average molecular weight is 263 g/mol. The minimum atomic E-state index is -1.46. The molecule has 0 saturated carbocycles. The van der Waals surface area contributed by atoms with Gasteiger partial charge in [-0.3, -0.25) is 0 Å². The van der Waals surface area contributed by atoms with E-state index in [1.807, 2.05) is 6.07 Å². The van der Waals surface area contributed by atoms with Crippen LogP contribution in [-0.4, -0.2) is 15.0 Å². The molecule has 0 aliphatic carbocycles. The average Bonchev–Trinajstić information content (AvgIpc) is 2.15. The first-order valence-electron chi connectivity index (χ1n) is 4.21. The molecule has 90 valence electrons. The van der Waals surface area contributed by atoms with Crippen molar-refractivity contribution in [3.8, 4) is 0 Å². The summed E-state index contributed by atoms with van der Waals surface area (Å²) in [6.07, 6.45) is -4.38. The summed E-state index contributed by atoms with van der Waals surface area (Å²) in [4.78, 5) is 7.32. The van der Waals surface area contributed by atoms with Gasteiger partial charge in [-0.25, -0.2) is 0 Å². The monoisotopic (exact) mass is 262 g/mol. The molecule has 4 nitrogen and oxygen atoms in total. The van der Waals surface area contributed by atoms with Gasteiger partial charge in [0.25, 0.3) is 0 Å². The number of nitrogens with zero attached hydrogens (tertiary/aromatic N) is 3. The van der Waals surface area contributed by atoms with Gasteiger partial charge in [-0.05, 0) is 18.2 Å². The minimum Gasteiger partial charge on any atom is -0.399 e. The highest BCUT2D eigenvalue weighted by atomic mass is 35.5. The quantitative estimate of drug-likeness (QED) is 0.739. The first-order chi connectivity index (χ1) is 7.97. The molecule has 2 rings (SSSR count). The lowest BCUT2D eigenvalue weighted by Crippen LogP contribution is -2.00. The van der Waals surface area contributed by atoms with Crippen molar-refractivity contribution in [1.82, 2.24) is 15.0 Å². The molecule has 0 spiro atoms. The number of anilines is 1. The fourth-order valence-electron chi connectivity index (χ4n) is 0.810. The fraction of sp³-hybridized carbons (Fsp3) is 0. The van der Waals surface area contributed by atoms with Gasteiger partial charge in [0.2, 0.25) is 0 Å². The first kappa shape index (κ1) is 13.2. The second-order valence-corrected chi connectivity index (χ2v) is 3.13. The molecule has 1 aromatic heterocycles. The van der Waals surface area contributed by atoms with Gasteiger partial charge in [-0.15, -0.1) is 0 Å². The van der Waals surface area contributed by atoms with E-state index in [2.05, 4.69) is 15.0 Å². The van der Waals surface area contributed by atoms with Crippen molar-refractivity contribution in [2.75, 3.05) is 5.73 Å². The highest BCUT2D eigenvalue weighted by molar-refractivity contribution is 6.30. The summed E-state index contributed by atoms with van der Waals surface area (Å²) in [5.41, 5.74) is 6.08. The van der Waals surface area contributed by atoms with Crippen LogP contribution in [0.25, 0.3) is 0 Å². The number of rotatable bonds is 0. The number of hydrogen-bond donors (Lipinski definition) is 1. The summed E-state index contributed by atoms with van der Waals surface area (Å²) in [5.74, 6) is 0. The number of halogens is 4. The van der Waals surface area contributed by atoms with Crippen molar-refractivity contribution in [1.29, 1.82) is 0 Å². The van der Waals surface area contributed by atoms with E-state index in [-0.39, 0.29) is 0 Å².